The van der Waals surface area contributed by atoms with Crippen molar-refractivity contribution in [3.63, 3.8) is 0 Å². The van der Waals surface area contributed by atoms with Crippen LogP contribution in [0, 0.1) is 22.5 Å². The fourth-order valence-corrected chi connectivity index (χ4v) is 3.42. The van der Waals surface area contributed by atoms with Crippen molar-refractivity contribution in [1.29, 1.82) is 5.41 Å². The molecule has 1 amide bonds. The second-order valence-corrected chi connectivity index (χ2v) is 7.90. The lowest BCUT2D eigenvalue weighted by atomic mass is 10.1. The molecular formula is C21H28F2N4O2. The summed E-state index contributed by atoms with van der Waals surface area (Å²) in [5, 5.41) is 10.4. The number of likely N-dealkylation sites (N-methyl/N-ethyl adjacent to an activating group) is 1. The van der Waals surface area contributed by atoms with Gasteiger partial charge in [-0.05, 0) is 38.4 Å². The molecule has 2 fully saturated rings. The minimum atomic E-state index is -0.777. The van der Waals surface area contributed by atoms with Crippen molar-refractivity contribution in [1.82, 2.24) is 9.80 Å². The van der Waals surface area contributed by atoms with Gasteiger partial charge in [0.25, 0.3) is 5.91 Å². The summed E-state index contributed by atoms with van der Waals surface area (Å²) in [6.45, 7) is 5.41. The SMILES string of the molecule is CCC1(CO/C(C(=O)Nc2cc(F)cc(F)c2)=C(/C=N)N2CCN(C)CC2)CC1. The number of benzene rings is 1. The molecule has 158 valence electrons. The Hall–Kier alpha value is -2.48. The van der Waals surface area contributed by atoms with Crippen LogP contribution >= 0.6 is 0 Å². The normalized spacial score (nSPS) is 19.4. The molecule has 0 radical (unpaired) electrons. The molecule has 3 rings (SSSR count). The fraction of sp³-hybridized carbons (Fsp3) is 0.524. The lowest BCUT2D eigenvalue weighted by molar-refractivity contribution is -0.116. The Labute approximate surface area is 170 Å². The van der Waals surface area contributed by atoms with E-state index in [1.807, 2.05) is 11.9 Å². The number of nitrogens with zero attached hydrogens (tertiary/aromatic N) is 2. The largest absolute Gasteiger partial charge is 0.486 e. The first-order chi connectivity index (χ1) is 13.9. The van der Waals surface area contributed by atoms with Gasteiger partial charge in [-0.3, -0.25) is 4.79 Å². The summed E-state index contributed by atoms with van der Waals surface area (Å²) in [6.07, 6.45) is 4.16. The van der Waals surface area contributed by atoms with Crippen molar-refractivity contribution in [2.45, 2.75) is 26.2 Å². The van der Waals surface area contributed by atoms with Crippen LogP contribution in [0.4, 0.5) is 14.5 Å². The molecule has 1 saturated carbocycles. The zero-order valence-electron chi connectivity index (χ0n) is 16.9. The van der Waals surface area contributed by atoms with E-state index in [0.717, 1.165) is 56.8 Å². The smallest absolute Gasteiger partial charge is 0.293 e. The molecule has 1 aliphatic heterocycles. The van der Waals surface area contributed by atoms with Crippen LogP contribution in [0.15, 0.2) is 29.7 Å². The molecule has 29 heavy (non-hydrogen) atoms. The van der Waals surface area contributed by atoms with Crippen molar-refractivity contribution in [3.8, 4) is 0 Å². The zero-order chi connectivity index (χ0) is 21.0. The predicted molar refractivity (Wildman–Crippen MR) is 108 cm³/mol. The number of nitrogens with one attached hydrogen (secondary N) is 2. The van der Waals surface area contributed by atoms with Crippen LogP contribution in [-0.4, -0.2) is 61.8 Å². The molecule has 1 heterocycles. The average Bonchev–Trinajstić information content (AvgIpc) is 3.45. The number of anilines is 1. The summed E-state index contributed by atoms with van der Waals surface area (Å²) >= 11 is 0. The number of halogens is 2. The standard InChI is InChI=1S/C21H28F2N4O2/c1-3-21(4-5-21)14-29-19(18(13-24)27-8-6-26(2)7-9-27)20(28)25-17-11-15(22)10-16(23)12-17/h10-13,24H,3-9,14H2,1-2H3,(H,25,28)/b19-18-,24-13?. The summed E-state index contributed by atoms with van der Waals surface area (Å²) in [5.41, 5.74) is 0.471. The number of rotatable bonds is 8. The van der Waals surface area contributed by atoms with E-state index in [2.05, 4.69) is 17.1 Å². The highest BCUT2D eigenvalue weighted by atomic mass is 19.1. The summed E-state index contributed by atoms with van der Waals surface area (Å²) in [7, 11) is 2.02. The van der Waals surface area contributed by atoms with E-state index in [0.29, 0.717) is 25.4 Å². The Bertz CT molecular complexity index is 780. The van der Waals surface area contributed by atoms with Crippen molar-refractivity contribution in [2.75, 3.05) is 45.2 Å². The number of carbonyl (C=O) groups is 1. The van der Waals surface area contributed by atoms with E-state index in [1.165, 1.54) is 0 Å². The van der Waals surface area contributed by atoms with Crippen LogP contribution < -0.4 is 5.32 Å². The van der Waals surface area contributed by atoms with Crippen molar-refractivity contribution in [3.05, 3.63) is 41.3 Å². The quantitative estimate of drug-likeness (QED) is 0.395. The topological polar surface area (TPSA) is 68.7 Å². The van der Waals surface area contributed by atoms with Crippen LogP contribution in [0.1, 0.15) is 26.2 Å². The van der Waals surface area contributed by atoms with Gasteiger partial charge in [0.1, 0.15) is 17.3 Å². The summed E-state index contributed by atoms with van der Waals surface area (Å²) in [5.74, 6) is -2.14. The van der Waals surface area contributed by atoms with Gasteiger partial charge in [0.05, 0.1) is 6.61 Å². The second-order valence-electron chi connectivity index (χ2n) is 7.90. The number of hydrogen-bond acceptors (Lipinski definition) is 5. The molecule has 0 spiro atoms. The first kappa shape index (κ1) is 21.2. The number of amides is 1. The van der Waals surface area contributed by atoms with Crippen LogP contribution in [0.5, 0.6) is 0 Å². The van der Waals surface area contributed by atoms with Crippen molar-refractivity contribution in [2.24, 2.45) is 5.41 Å². The van der Waals surface area contributed by atoms with E-state index >= 15 is 0 Å². The zero-order valence-corrected chi connectivity index (χ0v) is 16.9. The minimum absolute atomic E-state index is 0.00735. The molecule has 8 heteroatoms. The van der Waals surface area contributed by atoms with Gasteiger partial charge in [0.15, 0.2) is 0 Å². The van der Waals surface area contributed by atoms with Gasteiger partial charge >= 0.3 is 0 Å². The van der Waals surface area contributed by atoms with Crippen LogP contribution in [-0.2, 0) is 9.53 Å². The first-order valence-corrected chi connectivity index (χ1v) is 9.94. The molecule has 0 atom stereocenters. The summed E-state index contributed by atoms with van der Waals surface area (Å²) < 4.78 is 33.0. The van der Waals surface area contributed by atoms with Gasteiger partial charge in [-0.25, -0.2) is 8.78 Å². The average molecular weight is 406 g/mol. The third-order valence-corrected chi connectivity index (χ3v) is 5.77. The number of hydrogen-bond donors (Lipinski definition) is 2. The summed E-state index contributed by atoms with van der Waals surface area (Å²) in [4.78, 5) is 17.1. The van der Waals surface area contributed by atoms with Gasteiger partial charge in [0.2, 0.25) is 5.76 Å². The highest BCUT2D eigenvalue weighted by Crippen LogP contribution is 2.49. The predicted octanol–water partition coefficient (Wildman–Crippen LogP) is 3.22. The van der Waals surface area contributed by atoms with E-state index in [1.54, 1.807) is 0 Å². The number of allylic oxidation sites excluding steroid dienone is 1. The van der Waals surface area contributed by atoms with Crippen molar-refractivity contribution < 1.29 is 18.3 Å². The third-order valence-electron chi connectivity index (χ3n) is 5.77. The lowest BCUT2D eigenvalue weighted by Gasteiger charge is -2.35. The molecule has 0 bridgehead atoms. The molecule has 1 aromatic carbocycles. The van der Waals surface area contributed by atoms with Gasteiger partial charge in [-0.2, -0.15) is 0 Å². The summed E-state index contributed by atoms with van der Waals surface area (Å²) in [6, 6.07) is 2.84. The van der Waals surface area contributed by atoms with E-state index in [4.69, 9.17) is 10.1 Å². The van der Waals surface area contributed by atoms with Crippen LogP contribution in [0.3, 0.4) is 0 Å². The van der Waals surface area contributed by atoms with E-state index in [-0.39, 0.29) is 16.9 Å². The lowest BCUT2D eigenvalue weighted by Crippen LogP contribution is -2.45. The molecule has 1 aliphatic carbocycles. The first-order valence-electron chi connectivity index (χ1n) is 9.94. The maximum absolute atomic E-state index is 13.5. The van der Waals surface area contributed by atoms with E-state index < -0.39 is 17.5 Å². The molecule has 1 aromatic rings. The molecular weight excluding hydrogens is 378 g/mol. The maximum atomic E-state index is 13.5. The second kappa shape index (κ2) is 8.90. The molecule has 1 saturated heterocycles. The van der Waals surface area contributed by atoms with E-state index in [9.17, 15) is 13.6 Å². The third kappa shape index (κ3) is 5.32. The monoisotopic (exact) mass is 406 g/mol. The van der Waals surface area contributed by atoms with Gasteiger partial charge in [0, 0.05) is 49.6 Å². The van der Waals surface area contributed by atoms with Gasteiger partial charge in [-0.15, -0.1) is 0 Å². The molecule has 2 aliphatic rings. The number of ether oxygens (including phenoxy) is 1. The molecule has 0 unspecified atom stereocenters. The van der Waals surface area contributed by atoms with Crippen molar-refractivity contribution >= 4 is 17.8 Å². The van der Waals surface area contributed by atoms with Gasteiger partial charge < -0.3 is 25.3 Å². The Morgan fingerprint density at radius 3 is 2.34 bits per heavy atom. The fourth-order valence-electron chi connectivity index (χ4n) is 3.42. The Balaban J connectivity index is 1.86. The maximum Gasteiger partial charge on any atom is 0.293 e. The molecule has 0 aromatic heterocycles. The Morgan fingerprint density at radius 2 is 1.83 bits per heavy atom. The number of carbonyl (C=O) groups excluding carboxylic acids is 1. The highest BCUT2D eigenvalue weighted by Gasteiger charge is 2.42. The van der Waals surface area contributed by atoms with Crippen LogP contribution in [0.2, 0.25) is 0 Å². The van der Waals surface area contributed by atoms with Gasteiger partial charge in [-0.1, -0.05) is 6.92 Å². The number of piperazine rings is 1. The highest BCUT2D eigenvalue weighted by molar-refractivity contribution is 6.05. The Morgan fingerprint density at radius 1 is 1.21 bits per heavy atom. The molecule has 6 nitrogen and oxygen atoms in total. The van der Waals surface area contributed by atoms with Crippen LogP contribution in [0.25, 0.3) is 0 Å². The molecule has 2 N–H and O–H groups in total. The minimum Gasteiger partial charge on any atom is -0.486 e. The Kier molecular flexibility index (Phi) is 6.52.